The van der Waals surface area contributed by atoms with Crippen molar-refractivity contribution in [1.82, 2.24) is 20.4 Å². The van der Waals surface area contributed by atoms with Gasteiger partial charge < -0.3 is 29.9 Å². The summed E-state index contributed by atoms with van der Waals surface area (Å²) in [5.41, 5.74) is 0.109. The quantitative estimate of drug-likeness (QED) is 0.321. The van der Waals surface area contributed by atoms with E-state index < -0.39 is 0 Å². The predicted octanol–water partition coefficient (Wildman–Crippen LogP) is 0.621. The summed E-state index contributed by atoms with van der Waals surface area (Å²) in [6.07, 6.45) is 3.13. The molecule has 1 aliphatic heterocycles. The van der Waals surface area contributed by atoms with Gasteiger partial charge in [-0.1, -0.05) is 0 Å². The van der Waals surface area contributed by atoms with E-state index in [-0.39, 0.29) is 5.54 Å². The van der Waals surface area contributed by atoms with Crippen LogP contribution in [-0.4, -0.2) is 102 Å². The largest absolute Gasteiger partial charge is 0.385 e. The highest BCUT2D eigenvalue weighted by Gasteiger charge is 2.34. The number of rotatable bonds is 11. The van der Waals surface area contributed by atoms with E-state index in [1.54, 1.807) is 7.11 Å². The lowest BCUT2D eigenvalue weighted by atomic mass is 9.89. The van der Waals surface area contributed by atoms with E-state index in [2.05, 4.69) is 48.5 Å². The van der Waals surface area contributed by atoms with Gasteiger partial charge in [0, 0.05) is 58.6 Å². The van der Waals surface area contributed by atoms with E-state index in [1.807, 2.05) is 0 Å². The van der Waals surface area contributed by atoms with E-state index >= 15 is 0 Å². The molecular formula is C18H39N5O2. The van der Waals surface area contributed by atoms with Crippen LogP contribution in [0, 0.1) is 0 Å². The maximum atomic E-state index is 5.54. The third-order valence-electron chi connectivity index (χ3n) is 4.92. The number of aliphatic imine (C=N–C) groups is 1. The molecule has 0 aromatic carbocycles. The Balaban J connectivity index is 2.47. The van der Waals surface area contributed by atoms with Crippen molar-refractivity contribution in [3.8, 4) is 0 Å². The number of guanidine groups is 1. The van der Waals surface area contributed by atoms with Crippen molar-refractivity contribution in [2.75, 3.05) is 80.8 Å². The van der Waals surface area contributed by atoms with Crippen LogP contribution >= 0.6 is 0 Å². The van der Waals surface area contributed by atoms with Gasteiger partial charge in [-0.2, -0.15) is 0 Å². The van der Waals surface area contributed by atoms with Crippen LogP contribution in [0.15, 0.2) is 4.99 Å². The van der Waals surface area contributed by atoms with Gasteiger partial charge in [0.05, 0.1) is 6.54 Å². The standard InChI is InChI=1S/C18H39N5O2/c1-6-19-17(20-10-12-23(4)11-7-13-24-5)21-16-18(22(2)3)8-14-25-15-9-18/h6-16H2,1-5H3,(H2,19,20,21). The third-order valence-corrected chi connectivity index (χ3v) is 4.92. The molecule has 0 bridgehead atoms. The molecule has 1 heterocycles. The molecule has 1 fully saturated rings. The van der Waals surface area contributed by atoms with Crippen LogP contribution in [0.1, 0.15) is 26.2 Å². The van der Waals surface area contributed by atoms with Crippen molar-refractivity contribution in [3.05, 3.63) is 0 Å². The molecule has 148 valence electrons. The van der Waals surface area contributed by atoms with Gasteiger partial charge in [0.2, 0.25) is 0 Å². The van der Waals surface area contributed by atoms with Gasteiger partial charge in [-0.25, -0.2) is 0 Å². The highest BCUT2D eigenvalue weighted by Crippen LogP contribution is 2.26. The highest BCUT2D eigenvalue weighted by atomic mass is 16.5. The monoisotopic (exact) mass is 357 g/mol. The summed E-state index contributed by atoms with van der Waals surface area (Å²) in [7, 11) is 8.19. The number of methoxy groups -OCH3 is 1. The summed E-state index contributed by atoms with van der Waals surface area (Å²) >= 11 is 0. The Morgan fingerprint density at radius 3 is 2.48 bits per heavy atom. The first-order valence-electron chi connectivity index (χ1n) is 9.49. The topological polar surface area (TPSA) is 61.4 Å². The Morgan fingerprint density at radius 2 is 1.88 bits per heavy atom. The number of nitrogens with zero attached hydrogens (tertiary/aromatic N) is 3. The molecular weight excluding hydrogens is 318 g/mol. The summed E-state index contributed by atoms with van der Waals surface area (Å²) in [4.78, 5) is 9.49. The minimum atomic E-state index is 0.109. The van der Waals surface area contributed by atoms with Gasteiger partial charge in [0.1, 0.15) is 0 Å². The van der Waals surface area contributed by atoms with Crippen LogP contribution in [0.5, 0.6) is 0 Å². The van der Waals surface area contributed by atoms with Gasteiger partial charge in [0.15, 0.2) is 5.96 Å². The summed E-state index contributed by atoms with van der Waals surface area (Å²) in [5, 5.41) is 6.81. The molecule has 1 saturated heterocycles. The number of likely N-dealkylation sites (N-methyl/N-ethyl adjacent to an activating group) is 2. The van der Waals surface area contributed by atoms with Crippen LogP contribution in [0.2, 0.25) is 0 Å². The Bertz CT molecular complexity index is 370. The van der Waals surface area contributed by atoms with E-state index in [4.69, 9.17) is 14.5 Å². The molecule has 0 aromatic rings. The molecule has 7 heteroatoms. The first-order valence-corrected chi connectivity index (χ1v) is 9.49. The van der Waals surface area contributed by atoms with Gasteiger partial charge >= 0.3 is 0 Å². The molecule has 25 heavy (non-hydrogen) atoms. The lowest BCUT2D eigenvalue weighted by Gasteiger charge is -2.41. The average molecular weight is 358 g/mol. The van der Waals surface area contributed by atoms with E-state index in [9.17, 15) is 0 Å². The minimum Gasteiger partial charge on any atom is -0.385 e. The van der Waals surface area contributed by atoms with Gasteiger partial charge in [-0.15, -0.1) is 0 Å². The van der Waals surface area contributed by atoms with Crippen LogP contribution in [-0.2, 0) is 9.47 Å². The molecule has 0 unspecified atom stereocenters. The van der Waals surface area contributed by atoms with Crippen molar-refractivity contribution >= 4 is 5.96 Å². The number of ether oxygens (including phenoxy) is 2. The van der Waals surface area contributed by atoms with Gasteiger partial charge in [-0.3, -0.25) is 4.99 Å². The van der Waals surface area contributed by atoms with Gasteiger partial charge in [-0.05, 0) is 47.3 Å². The number of nitrogens with one attached hydrogen (secondary N) is 2. The average Bonchev–Trinajstić information content (AvgIpc) is 2.60. The van der Waals surface area contributed by atoms with Crippen molar-refractivity contribution in [2.24, 2.45) is 4.99 Å². The van der Waals surface area contributed by atoms with E-state index in [0.717, 1.165) is 77.8 Å². The van der Waals surface area contributed by atoms with E-state index in [1.165, 1.54) is 0 Å². The second kappa shape index (κ2) is 12.5. The van der Waals surface area contributed by atoms with Crippen molar-refractivity contribution in [2.45, 2.75) is 31.7 Å². The molecule has 7 nitrogen and oxygen atoms in total. The second-order valence-electron chi connectivity index (χ2n) is 7.00. The van der Waals surface area contributed by atoms with Crippen molar-refractivity contribution in [3.63, 3.8) is 0 Å². The lowest BCUT2D eigenvalue weighted by molar-refractivity contribution is -0.00254. The summed E-state index contributed by atoms with van der Waals surface area (Å²) in [6.45, 7) is 9.15. The van der Waals surface area contributed by atoms with Crippen LogP contribution < -0.4 is 10.6 Å². The zero-order valence-corrected chi connectivity index (χ0v) is 16.9. The Kier molecular flexibility index (Phi) is 11.0. The zero-order chi connectivity index (χ0) is 18.5. The van der Waals surface area contributed by atoms with Crippen molar-refractivity contribution in [1.29, 1.82) is 0 Å². The maximum Gasteiger partial charge on any atom is 0.191 e. The molecule has 0 saturated carbocycles. The molecule has 0 radical (unpaired) electrons. The molecule has 2 N–H and O–H groups in total. The first kappa shape index (κ1) is 22.2. The normalized spacial score (nSPS) is 18.0. The Morgan fingerprint density at radius 1 is 1.16 bits per heavy atom. The van der Waals surface area contributed by atoms with Crippen LogP contribution in [0.4, 0.5) is 0 Å². The Hall–Kier alpha value is -0.890. The third kappa shape index (κ3) is 8.35. The zero-order valence-electron chi connectivity index (χ0n) is 16.9. The Labute approximate surface area is 154 Å². The highest BCUT2D eigenvalue weighted by molar-refractivity contribution is 5.79. The molecule has 0 amide bonds. The molecule has 0 spiro atoms. The molecule has 0 aromatic heterocycles. The summed E-state index contributed by atoms with van der Waals surface area (Å²) in [5.74, 6) is 0.903. The molecule has 0 aliphatic carbocycles. The van der Waals surface area contributed by atoms with E-state index in [0.29, 0.717) is 0 Å². The van der Waals surface area contributed by atoms with Crippen LogP contribution in [0.25, 0.3) is 0 Å². The smallest absolute Gasteiger partial charge is 0.191 e. The minimum absolute atomic E-state index is 0.109. The molecule has 0 atom stereocenters. The first-order chi connectivity index (χ1) is 12.0. The SMILES string of the molecule is CCNC(=NCC1(N(C)C)CCOCC1)NCCN(C)CCCOC. The molecule has 1 aliphatic rings. The van der Waals surface area contributed by atoms with Crippen LogP contribution in [0.3, 0.4) is 0 Å². The fourth-order valence-corrected chi connectivity index (χ4v) is 3.02. The van der Waals surface area contributed by atoms with Gasteiger partial charge in [0.25, 0.3) is 0 Å². The summed E-state index contributed by atoms with van der Waals surface area (Å²) < 4.78 is 10.6. The predicted molar refractivity (Wildman–Crippen MR) is 104 cm³/mol. The fraction of sp³-hybridized carbons (Fsp3) is 0.944. The molecule has 1 rings (SSSR count). The maximum absolute atomic E-state index is 5.54. The summed E-state index contributed by atoms with van der Waals surface area (Å²) in [6, 6.07) is 0. The van der Waals surface area contributed by atoms with Crippen molar-refractivity contribution < 1.29 is 9.47 Å². The number of hydrogen-bond donors (Lipinski definition) is 2. The number of hydrogen-bond acceptors (Lipinski definition) is 5. The second-order valence-corrected chi connectivity index (χ2v) is 7.00. The fourth-order valence-electron chi connectivity index (χ4n) is 3.02. The lowest BCUT2D eigenvalue weighted by Crippen LogP contribution is -2.52.